The second-order valence-corrected chi connectivity index (χ2v) is 3.24. The van der Waals surface area contributed by atoms with Crippen LogP contribution >= 0.6 is 0 Å². The van der Waals surface area contributed by atoms with Gasteiger partial charge in [0.2, 0.25) is 0 Å². The van der Waals surface area contributed by atoms with E-state index >= 15 is 0 Å². The van der Waals surface area contributed by atoms with Crippen molar-refractivity contribution in [3.63, 3.8) is 0 Å². The Balaban J connectivity index is 2.11. The minimum absolute atomic E-state index is 0.163. The van der Waals surface area contributed by atoms with Gasteiger partial charge in [0.05, 0.1) is 12.8 Å². The van der Waals surface area contributed by atoms with E-state index in [0.717, 1.165) is 12.8 Å². The van der Waals surface area contributed by atoms with Gasteiger partial charge in [0, 0.05) is 6.54 Å². The minimum Gasteiger partial charge on any atom is -0.361 e. The van der Waals surface area contributed by atoms with Crippen LogP contribution in [0.15, 0.2) is 10.7 Å². The molecule has 5 nitrogen and oxygen atoms in total. The number of aryl methyl sites for hydroxylation is 1. The largest absolute Gasteiger partial charge is 0.361 e. The summed E-state index contributed by atoms with van der Waals surface area (Å²) in [5, 5.41) is 4.94. The zero-order valence-electron chi connectivity index (χ0n) is 8.02. The molecule has 0 N–H and O–H groups in total. The lowest BCUT2D eigenvalue weighted by atomic mass is 10.2. The first-order valence-electron chi connectivity index (χ1n) is 4.65. The molecule has 0 spiro atoms. The number of nitrogens with zero attached hydrogens (tertiary/aromatic N) is 2. The summed E-state index contributed by atoms with van der Waals surface area (Å²) in [7, 11) is 0. The van der Waals surface area contributed by atoms with Crippen molar-refractivity contribution in [3.05, 3.63) is 17.5 Å². The number of carbonyl (C=O) groups excluding carboxylic acids is 1. The van der Waals surface area contributed by atoms with Gasteiger partial charge in [0.25, 0.3) is 5.91 Å². The van der Waals surface area contributed by atoms with Gasteiger partial charge < -0.3 is 4.52 Å². The van der Waals surface area contributed by atoms with E-state index in [-0.39, 0.29) is 5.91 Å². The molecule has 14 heavy (non-hydrogen) atoms. The van der Waals surface area contributed by atoms with Gasteiger partial charge in [0.15, 0.2) is 0 Å². The van der Waals surface area contributed by atoms with Crippen molar-refractivity contribution in [2.24, 2.45) is 0 Å². The Morgan fingerprint density at radius 3 is 3.00 bits per heavy atom. The number of hydrogen-bond donors (Lipinski definition) is 0. The molecule has 0 radical (unpaired) electrons. The number of carbonyl (C=O) groups is 1. The molecule has 1 amide bonds. The number of rotatable bonds is 1. The third-order valence-electron chi connectivity index (χ3n) is 2.21. The van der Waals surface area contributed by atoms with E-state index in [1.165, 1.54) is 11.3 Å². The van der Waals surface area contributed by atoms with Crippen molar-refractivity contribution in [1.29, 1.82) is 0 Å². The van der Waals surface area contributed by atoms with Crippen LogP contribution < -0.4 is 0 Å². The van der Waals surface area contributed by atoms with Crippen LogP contribution in [0.2, 0.25) is 0 Å². The Labute approximate surface area is 81.6 Å². The van der Waals surface area contributed by atoms with Crippen molar-refractivity contribution in [1.82, 2.24) is 10.2 Å². The lowest BCUT2D eigenvalue weighted by Crippen LogP contribution is -2.35. The molecule has 0 bridgehead atoms. The van der Waals surface area contributed by atoms with Gasteiger partial charge in [-0.3, -0.25) is 9.63 Å². The SMILES string of the molecule is Cc1oncc1C(=O)N1CCCCO1. The third kappa shape index (κ3) is 1.63. The van der Waals surface area contributed by atoms with Gasteiger partial charge in [-0.05, 0) is 19.8 Å². The first-order valence-corrected chi connectivity index (χ1v) is 4.65. The summed E-state index contributed by atoms with van der Waals surface area (Å²) >= 11 is 0. The predicted octanol–water partition coefficient (Wildman–Crippen LogP) is 1.15. The molecule has 1 aromatic rings. The summed E-state index contributed by atoms with van der Waals surface area (Å²) in [5.74, 6) is 0.368. The second-order valence-electron chi connectivity index (χ2n) is 3.24. The molecule has 2 rings (SSSR count). The van der Waals surface area contributed by atoms with E-state index < -0.39 is 0 Å². The minimum atomic E-state index is -0.163. The maximum Gasteiger partial charge on any atom is 0.282 e. The summed E-state index contributed by atoms with van der Waals surface area (Å²) in [6, 6.07) is 0. The molecule has 0 aliphatic carbocycles. The van der Waals surface area contributed by atoms with Gasteiger partial charge in [-0.15, -0.1) is 0 Å². The van der Waals surface area contributed by atoms with E-state index in [4.69, 9.17) is 9.36 Å². The molecular weight excluding hydrogens is 184 g/mol. The molecule has 2 heterocycles. The van der Waals surface area contributed by atoms with Crippen LogP contribution in [-0.2, 0) is 4.84 Å². The highest BCUT2D eigenvalue weighted by atomic mass is 16.7. The van der Waals surface area contributed by atoms with E-state index in [1.54, 1.807) is 6.92 Å². The molecule has 0 atom stereocenters. The first kappa shape index (κ1) is 9.21. The molecule has 1 aliphatic heterocycles. The first-order chi connectivity index (χ1) is 6.79. The normalized spacial score (nSPS) is 17.1. The fourth-order valence-corrected chi connectivity index (χ4v) is 1.40. The summed E-state index contributed by atoms with van der Waals surface area (Å²) < 4.78 is 4.82. The zero-order valence-corrected chi connectivity index (χ0v) is 8.02. The average molecular weight is 196 g/mol. The van der Waals surface area contributed by atoms with Crippen molar-refractivity contribution in [3.8, 4) is 0 Å². The summed E-state index contributed by atoms with van der Waals surface area (Å²) in [4.78, 5) is 17.0. The molecule has 0 unspecified atom stereocenters. The molecule has 1 fully saturated rings. The van der Waals surface area contributed by atoms with Gasteiger partial charge in [-0.1, -0.05) is 5.16 Å². The van der Waals surface area contributed by atoms with Crippen molar-refractivity contribution >= 4 is 5.91 Å². The Morgan fingerprint density at radius 1 is 1.57 bits per heavy atom. The van der Waals surface area contributed by atoms with E-state index in [2.05, 4.69) is 5.16 Å². The monoisotopic (exact) mass is 196 g/mol. The Morgan fingerprint density at radius 2 is 2.43 bits per heavy atom. The van der Waals surface area contributed by atoms with Crippen LogP contribution in [0.3, 0.4) is 0 Å². The number of hydroxylamine groups is 2. The third-order valence-corrected chi connectivity index (χ3v) is 2.21. The Hall–Kier alpha value is -1.36. The van der Waals surface area contributed by atoms with Crippen molar-refractivity contribution < 1.29 is 14.2 Å². The average Bonchev–Trinajstić information content (AvgIpc) is 2.65. The van der Waals surface area contributed by atoms with E-state index in [9.17, 15) is 4.79 Å². The van der Waals surface area contributed by atoms with Gasteiger partial charge >= 0.3 is 0 Å². The molecule has 1 aromatic heterocycles. The van der Waals surface area contributed by atoms with Crippen LogP contribution in [-0.4, -0.2) is 29.3 Å². The highest BCUT2D eigenvalue weighted by molar-refractivity contribution is 5.94. The molecule has 1 saturated heterocycles. The summed E-state index contributed by atoms with van der Waals surface area (Å²) in [5.41, 5.74) is 0.479. The molecular formula is C9H12N2O3. The van der Waals surface area contributed by atoms with Gasteiger partial charge in [0.1, 0.15) is 11.3 Å². The Bertz CT molecular complexity index is 329. The zero-order chi connectivity index (χ0) is 9.97. The molecule has 0 saturated carbocycles. The van der Waals surface area contributed by atoms with Crippen LogP contribution in [0.25, 0.3) is 0 Å². The van der Waals surface area contributed by atoms with Crippen molar-refractivity contribution in [2.75, 3.05) is 13.2 Å². The quantitative estimate of drug-likeness (QED) is 0.676. The summed E-state index contributed by atoms with van der Waals surface area (Å²) in [6.07, 6.45) is 3.41. The molecule has 5 heteroatoms. The van der Waals surface area contributed by atoms with Gasteiger partial charge in [-0.25, -0.2) is 5.06 Å². The second kappa shape index (κ2) is 3.79. The number of hydrogen-bond acceptors (Lipinski definition) is 4. The Kier molecular flexibility index (Phi) is 2.49. The van der Waals surface area contributed by atoms with E-state index in [1.807, 2.05) is 0 Å². The van der Waals surface area contributed by atoms with Crippen LogP contribution in [0.1, 0.15) is 29.0 Å². The molecule has 1 aliphatic rings. The number of amides is 1. The summed E-state index contributed by atoms with van der Waals surface area (Å²) in [6.45, 7) is 2.96. The lowest BCUT2D eigenvalue weighted by molar-refractivity contribution is -0.144. The topological polar surface area (TPSA) is 55.6 Å². The maximum absolute atomic E-state index is 11.8. The standard InChI is InChI=1S/C9H12N2O3/c1-7-8(6-10-14-7)9(12)11-4-2-3-5-13-11/h6H,2-5H2,1H3. The predicted molar refractivity (Wildman–Crippen MR) is 47.5 cm³/mol. The van der Waals surface area contributed by atoms with Crippen molar-refractivity contribution in [2.45, 2.75) is 19.8 Å². The van der Waals surface area contributed by atoms with E-state index in [0.29, 0.717) is 24.5 Å². The smallest absolute Gasteiger partial charge is 0.282 e. The lowest BCUT2D eigenvalue weighted by Gasteiger charge is -2.25. The number of aromatic nitrogens is 1. The molecule has 76 valence electrons. The van der Waals surface area contributed by atoms with Crippen LogP contribution in [0.5, 0.6) is 0 Å². The fourth-order valence-electron chi connectivity index (χ4n) is 1.40. The molecule has 0 aromatic carbocycles. The van der Waals surface area contributed by atoms with Crippen LogP contribution in [0, 0.1) is 6.92 Å². The fraction of sp³-hybridized carbons (Fsp3) is 0.556. The highest BCUT2D eigenvalue weighted by Crippen LogP contribution is 2.13. The maximum atomic E-state index is 11.8. The van der Waals surface area contributed by atoms with Crippen LogP contribution in [0.4, 0.5) is 0 Å². The van der Waals surface area contributed by atoms with Gasteiger partial charge in [-0.2, -0.15) is 0 Å². The highest BCUT2D eigenvalue weighted by Gasteiger charge is 2.22.